The third kappa shape index (κ3) is 3.85. The van der Waals surface area contributed by atoms with Gasteiger partial charge in [-0.05, 0) is 18.6 Å². The number of hydrogen-bond acceptors (Lipinski definition) is 4. The molecule has 2 N–H and O–H groups in total. The first-order valence-electron chi connectivity index (χ1n) is 5.38. The van der Waals surface area contributed by atoms with Gasteiger partial charge in [-0.3, -0.25) is 19.7 Å². The van der Waals surface area contributed by atoms with Crippen molar-refractivity contribution in [2.45, 2.75) is 13.3 Å². The lowest BCUT2D eigenvalue weighted by molar-refractivity contribution is -0.384. The number of carbonyl (C=O) groups is 2. The van der Waals surface area contributed by atoms with Crippen LogP contribution in [0.1, 0.15) is 13.3 Å². The van der Waals surface area contributed by atoms with E-state index in [2.05, 4.69) is 10.6 Å². The highest BCUT2D eigenvalue weighted by atomic mass is 16.6. The first-order valence-corrected chi connectivity index (χ1v) is 5.38. The van der Waals surface area contributed by atoms with Gasteiger partial charge in [0.05, 0.1) is 4.92 Å². The van der Waals surface area contributed by atoms with Gasteiger partial charge in [0, 0.05) is 24.4 Å². The van der Waals surface area contributed by atoms with Crippen LogP contribution in [0.15, 0.2) is 24.3 Å². The molecule has 1 aromatic carbocycles. The van der Waals surface area contributed by atoms with Crippen LogP contribution in [0.5, 0.6) is 0 Å². The maximum Gasteiger partial charge on any atom is 0.313 e. The minimum absolute atomic E-state index is 0.0802. The molecule has 0 aromatic heterocycles. The molecule has 7 heteroatoms. The maximum atomic E-state index is 11.4. The van der Waals surface area contributed by atoms with Crippen molar-refractivity contribution >= 4 is 23.2 Å². The molecule has 0 aliphatic heterocycles. The van der Waals surface area contributed by atoms with Crippen LogP contribution in [0.25, 0.3) is 0 Å². The topological polar surface area (TPSA) is 101 Å². The van der Waals surface area contributed by atoms with Crippen molar-refractivity contribution in [3.63, 3.8) is 0 Å². The number of nitrogens with one attached hydrogen (secondary N) is 2. The SMILES string of the molecule is CCCNC(=O)C(=O)Nc1ccc([N+](=O)[O-])cc1. The number of non-ortho nitro benzene ring substituents is 1. The molecular weight excluding hydrogens is 238 g/mol. The van der Waals surface area contributed by atoms with Crippen molar-refractivity contribution in [2.75, 3.05) is 11.9 Å². The molecule has 7 nitrogen and oxygen atoms in total. The van der Waals surface area contributed by atoms with Crippen LogP contribution < -0.4 is 10.6 Å². The van der Waals surface area contributed by atoms with E-state index in [1.165, 1.54) is 24.3 Å². The molecule has 1 rings (SSSR count). The fraction of sp³-hybridized carbons (Fsp3) is 0.273. The van der Waals surface area contributed by atoms with Gasteiger partial charge in [-0.15, -0.1) is 0 Å². The van der Waals surface area contributed by atoms with Crippen molar-refractivity contribution in [1.82, 2.24) is 5.32 Å². The number of hydrogen-bond donors (Lipinski definition) is 2. The second kappa shape index (κ2) is 6.33. The summed E-state index contributed by atoms with van der Waals surface area (Å²) in [6.45, 7) is 2.29. The van der Waals surface area contributed by atoms with Crippen LogP contribution in [0.2, 0.25) is 0 Å². The highest BCUT2D eigenvalue weighted by molar-refractivity contribution is 6.39. The monoisotopic (exact) mass is 251 g/mol. The molecule has 2 amide bonds. The second-order valence-electron chi connectivity index (χ2n) is 3.51. The molecule has 0 spiro atoms. The number of nitro benzene ring substituents is 1. The van der Waals surface area contributed by atoms with Crippen molar-refractivity contribution < 1.29 is 14.5 Å². The Kier molecular flexibility index (Phi) is 4.79. The molecule has 0 heterocycles. The standard InChI is InChI=1S/C11H13N3O4/c1-2-7-12-10(15)11(16)13-8-3-5-9(6-4-8)14(17)18/h3-6H,2,7H2,1H3,(H,12,15)(H,13,16). The van der Waals surface area contributed by atoms with E-state index in [-0.39, 0.29) is 5.69 Å². The summed E-state index contributed by atoms with van der Waals surface area (Å²) < 4.78 is 0. The van der Waals surface area contributed by atoms with Gasteiger partial charge in [0.2, 0.25) is 0 Å². The lowest BCUT2D eigenvalue weighted by atomic mass is 10.3. The van der Waals surface area contributed by atoms with Gasteiger partial charge in [0.1, 0.15) is 0 Å². The van der Waals surface area contributed by atoms with Gasteiger partial charge in [0.25, 0.3) is 5.69 Å². The summed E-state index contributed by atoms with van der Waals surface area (Å²) in [5, 5.41) is 15.2. The normalized spacial score (nSPS) is 9.61. The quantitative estimate of drug-likeness (QED) is 0.474. The van der Waals surface area contributed by atoms with Crippen LogP contribution in [0.3, 0.4) is 0 Å². The second-order valence-corrected chi connectivity index (χ2v) is 3.51. The van der Waals surface area contributed by atoms with Gasteiger partial charge in [0.15, 0.2) is 0 Å². The third-order valence-electron chi connectivity index (χ3n) is 2.08. The molecule has 0 radical (unpaired) electrons. The van der Waals surface area contributed by atoms with Crippen molar-refractivity contribution in [2.24, 2.45) is 0 Å². The Morgan fingerprint density at radius 2 is 1.83 bits per heavy atom. The largest absolute Gasteiger partial charge is 0.348 e. The fourth-order valence-electron chi connectivity index (χ4n) is 1.17. The predicted octanol–water partition coefficient (Wildman–Crippen LogP) is 1.06. The van der Waals surface area contributed by atoms with Crippen LogP contribution in [0, 0.1) is 10.1 Å². The predicted molar refractivity (Wildman–Crippen MR) is 65.0 cm³/mol. The summed E-state index contributed by atoms with van der Waals surface area (Å²) >= 11 is 0. The summed E-state index contributed by atoms with van der Waals surface area (Å²) in [5.74, 6) is -1.52. The molecular formula is C11H13N3O4. The lowest BCUT2D eigenvalue weighted by Crippen LogP contribution is -2.35. The zero-order valence-corrected chi connectivity index (χ0v) is 9.80. The highest BCUT2D eigenvalue weighted by Crippen LogP contribution is 2.15. The Morgan fingerprint density at radius 1 is 1.22 bits per heavy atom. The van der Waals surface area contributed by atoms with Gasteiger partial charge < -0.3 is 10.6 Å². The lowest BCUT2D eigenvalue weighted by Gasteiger charge is -2.05. The van der Waals surface area contributed by atoms with Crippen LogP contribution in [-0.2, 0) is 9.59 Å². The summed E-state index contributed by atoms with van der Waals surface area (Å²) in [4.78, 5) is 32.5. The zero-order chi connectivity index (χ0) is 13.5. The molecule has 0 fully saturated rings. The smallest absolute Gasteiger partial charge is 0.313 e. The Hall–Kier alpha value is -2.44. The molecule has 1 aromatic rings. The minimum Gasteiger partial charge on any atom is -0.348 e. The molecule has 18 heavy (non-hydrogen) atoms. The molecule has 0 bridgehead atoms. The number of nitro groups is 1. The molecule has 0 aliphatic carbocycles. The van der Waals surface area contributed by atoms with Gasteiger partial charge >= 0.3 is 11.8 Å². The van der Waals surface area contributed by atoms with E-state index in [1.807, 2.05) is 6.92 Å². The van der Waals surface area contributed by atoms with Crippen LogP contribution >= 0.6 is 0 Å². The maximum absolute atomic E-state index is 11.4. The number of benzene rings is 1. The number of rotatable bonds is 4. The molecule has 0 saturated heterocycles. The first kappa shape index (κ1) is 13.6. The molecule has 96 valence electrons. The van der Waals surface area contributed by atoms with Crippen molar-refractivity contribution in [3.8, 4) is 0 Å². The van der Waals surface area contributed by atoms with E-state index in [0.717, 1.165) is 6.42 Å². The Bertz CT molecular complexity index is 456. The van der Waals surface area contributed by atoms with E-state index in [0.29, 0.717) is 12.2 Å². The Balaban J connectivity index is 2.59. The van der Waals surface area contributed by atoms with Crippen LogP contribution in [0.4, 0.5) is 11.4 Å². The number of anilines is 1. The first-order chi connectivity index (χ1) is 8.54. The summed E-state index contributed by atoms with van der Waals surface area (Å²) in [5.41, 5.74) is 0.251. The van der Waals surface area contributed by atoms with Gasteiger partial charge in [-0.1, -0.05) is 6.92 Å². The molecule has 0 saturated carbocycles. The summed E-state index contributed by atoms with van der Waals surface area (Å²) in [6.07, 6.45) is 0.733. The highest BCUT2D eigenvalue weighted by Gasteiger charge is 2.13. The minimum atomic E-state index is -0.794. The number of amides is 2. The van der Waals surface area contributed by atoms with E-state index in [1.54, 1.807) is 0 Å². The average Bonchev–Trinajstić information content (AvgIpc) is 2.36. The Labute approximate surface area is 103 Å². The van der Waals surface area contributed by atoms with E-state index >= 15 is 0 Å². The van der Waals surface area contributed by atoms with Gasteiger partial charge in [-0.25, -0.2) is 0 Å². The molecule has 0 atom stereocenters. The molecule has 0 unspecified atom stereocenters. The van der Waals surface area contributed by atoms with E-state index < -0.39 is 16.7 Å². The Morgan fingerprint density at radius 3 is 2.33 bits per heavy atom. The average molecular weight is 251 g/mol. The molecule has 0 aliphatic rings. The van der Waals surface area contributed by atoms with E-state index in [4.69, 9.17) is 0 Å². The number of nitrogens with zero attached hydrogens (tertiary/aromatic N) is 1. The summed E-state index contributed by atoms with van der Waals surface area (Å²) in [6, 6.07) is 5.23. The fourth-order valence-corrected chi connectivity index (χ4v) is 1.17. The van der Waals surface area contributed by atoms with Gasteiger partial charge in [-0.2, -0.15) is 0 Å². The van der Waals surface area contributed by atoms with Crippen LogP contribution in [-0.4, -0.2) is 23.3 Å². The van der Waals surface area contributed by atoms with Crippen molar-refractivity contribution in [3.05, 3.63) is 34.4 Å². The zero-order valence-electron chi connectivity index (χ0n) is 9.80. The van der Waals surface area contributed by atoms with Crippen molar-refractivity contribution in [1.29, 1.82) is 0 Å². The summed E-state index contributed by atoms with van der Waals surface area (Å²) in [7, 11) is 0. The third-order valence-corrected chi connectivity index (χ3v) is 2.08. The van der Waals surface area contributed by atoms with E-state index in [9.17, 15) is 19.7 Å². The number of carbonyl (C=O) groups excluding carboxylic acids is 2.